The first-order chi connectivity index (χ1) is 16.6. The Morgan fingerprint density at radius 1 is 1.06 bits per heavy atom. The van der Waals surface area contributed by atoms with Crippen LogP contribution in [0.2, 0.25) is 0 Å². The van der Waals surface area contributed by atoms with Gasteiger partial charge in [0.2, 0.25) is 0 Å². The monoisotopic (exact) mass is 467 g/mol. The average Bonchev–Trinajstić information content (AvgIpc) is 3.27. The Bertz CT molecular complexity index is 1580. The Morgan fingerprint density at radius 3 is 2.62 bits per heavy atom. The van der Waals surface area contributed by atoms with Gasteiger partial charge < -0.3 is 4.98 Å². The molecule has 2 N–H and O–H groups in total. The standard InChI is InChI=1S/C26H21N5O2S/c1-17-10-12-19(13-11-17)31-25(33)21-7-3-5-9-23(21)29-26(31)34-16-24(32)30-28-15-18-14-27-22-8-4-2-6-20(18)22/h2-15,27H,16H2,1H3,(H,30,32)/b28-15-. The molecule has 0 atom stereocenters. The Labute approximate surface area is 199 Å². The fourth-order valence-corrected chi connectivity index (χ4v) is 4.47. The van der Waals surface area contributed by atoms with Crippen LogP contribution < -0.4 is 11.0 Å². The van der Waals surface area contributed by atoms with Gasteiger partial charge >= 0.3 is 0 Å². The van der Waals surface area contributed by atoms with E-state index in [-0.39, 0.29) is 17.2 Å². The van der Waals surface area contributed by atoms with Crippen molar-refractivity contribution in [3.05, 3.63) is 100 Å². The number of nitrogens with zero attached hydrogens (tertiary/aromatic N) is 3. The predicted octanol–water partition coefficient (Wildman–Crippen LogP) is 4.42. The highest BCUT2D eigenvalue weighted by atomic mass is 32.2. The third kappa shape index (κ3) is 4.35. The molecule has 1 amide bonds. The van der Waals surface area contributed by atoms with Crippen molar-refractivity contribution in [2.45, 2.75) is 12.1 Å². The van der Waals surface area contributed by atoms with Crippen molar-refractivity contribution in [3.8, 4) is 5.69 Å². The molecule has 0 saturated heterocycles. The van der Waals surface area contributed by atoms with Gasteiger partial charge in [-0.3, -0.25) is 14.2 Å². The van der Waals surface area contributed by atoms with Gasteiger partial charge in [-0.05, 0) is 37.3 Å². The zero-order valence-electron chi connectivity index (χ0n) is 18.4. The highest BCUT2D eigenvalue weighted by molar-refractivity contribution is 7.99. The molecule has 0 fully saturated rings. The van der Waals surface area contributed by atoms with Crippen molar-refractivity contribution in [2.75, 3.05) is 5.75 Å². The topological polar surface area (TPSA) is 92.1 Å². The second-order valence-corrected chi connectivity index (χ2v) is 8.70. The molecule has 5 rings (SSSR count). The minimum absolute atomic E-state index is 0.0574. The van der Waals surface area contributed by atoms with E-state index in [1.54, 1.807) is 22.9 Å². The average molecular weight is 468 g/mol. The second-order valence-electron chi connectivity index (χ2n) is 7.76. The Balaban J connectivity index is 1.36. The first-order valence-corrected chi connectivity index (χ1v) is 11.7. The van der Waals surface area contributed by atoms with Crippen LogP contribution in [0.25, 0.3) is 27.5 Å². The van der Waals surface area contributed by atoms with Crippen molar-refractivity contribution in [3.63, 3.8) is 0 Å². The normalized spacial score (nSPS) is 11.4. The Hall–Kier alpha value is -4.17. The van der Waals surface area contributed by atoms with E-state index in [0.29, 0.717) is 21.7 Å². The number of aromatic nitrogens is 3. The molecule has 0 aliphatic heterocycles. The number of hydrogen-bond acceptors (Lipinski definition) is 5. The predicted molar refractivity (Wildman–Crippen MR) is 137 cm³/mol. The molecule has 0 bridgehead atoms. The first kappa shape index (κ1) is 21.7. The zero-order chi connectivity index (χ0) is 23.5. The van der Waals surface area contributed by atoms with Crippen LogP contribution in [0, 0.1) is 6.92 Å². The van der Waals surface area contributed by atoms with Gasteiger partial charge in [0.05, 0.1) is 28.6 Å². The maximum absolute atomic E-state index is 13.3. The van der Waals surface area contributed by atoms with Gasteiger partial charge in [-0.25, -0.2) is 10.4 Å². The van der Waals surface area contributed by atoms with E-state index in [0.717, 1.165) is 22.0 Å². The van der Waals surface area contributed by atoms with Crippen LogP contribution in [-0.4, -0.2) is 32.4 Å². The van der Waals surface area contributed by atoms with Crippen LogP contribution in [-0.2, 0) is 4.79 Å². The van der Waals surface area contributed by atoms with Crippen molar-refractivity contribution in [2.24, 2.45) is 5.10 Å². The van der Waals surface area contributed by atoms with Crippen molar-refractivity contribution in [1.82, 2.24) is 20.0 Å². The third-order valence-electron chi connectivity index (χ3n) is 5.38. The van der Waals surface area contributed by atoms with E-state index in [9.17, 15) is 9.59 Å². The van der Waals surface area contributed by atoms with Crippen LogP contribution >= 0.6 is 11.8 Å². The van der Waals surface area contributed by atoms with Gasteiger partial charge in [-0.1, -0.05) is 59.8 Å². The summed E-state index contributed by atoms with van der Waals surface area (Å²) in [5.41, 5.74) is 6.65. The number of aromatic amines is 1. The number of thioether (sulfide) groups is 1. The number of H-pyrrole nitrogens is 1. The second kappa shape index (κ2) is 9.36. The molecule has 5 aromatic rings. The molecule has 0 aliphatic rings. The summed E-state index contributed by atoms with van der Waals surface area (Å²) >= 11 is 1.19. The number of hydrazone groups is 1. The number of hydrogen-bond donors (Lipinski definition) is 2. The largest absolute Gasteiger partial charge is 0.361 e. The van der Waals surface area contributed by atoms with E-state index in [2.05, 4.69) is 20.5 Å². The van der Waals surface area contributed by atoms with E-state index in [1.165, 1.54) is 11.8 Å². The lowest BCUT2D eigenvalue weighted by atomic mass is 10.2. The molecule has 8 heteroatoms. The quantitative estimate of drug-likeness (QED) is 0.167. The molecule has 0 saturated carbocycles. The van der Waals surface area contributed by atoms with E-state index in [1.807, 2.05) is 73.8 Å². The van der Waals surface area contributed by atoms with Gasteiger partial charge in [0.15, 0.2) is 5.16 Å². The van der Waals surface area contributed by atoms with Crippen molar-refractivity contribution < 1.29 is 4.79 Å². The van der Waals surface area contributed by atoms with Gasteiger partial charge in [-0.2, -0.15) is 5.10 Å². The maximum Gasteiger partial charge on any atom is 0.266 e. The summed E-state index contributed by atoms with van der Waals surface area (Å²) in [6.07, 6.45) is 3.45. The van der Waals surface area contributed by atoms with Crippen LogP contribution in [0.3, 0.4) is 0 Å². The number of benzene rings is 3. The molecule has 0 aliphatic carbocycles. The smallest absolute Gasteiger partial charge is 0.266 e. The minimum Gasteiger partial charge on any atom is -0.361 e. The fourth-order valence-electron chi connectivity index (χ4n) is 3.67. The van der Waals surface area contributed by atoms with Crippen molar-refractivity contribution in [1.29, 1.82) is 0 Å². The number of carbonyl (C=O) groups is 1. The third-order valence-corrected chi connectivity index (χ3v) is 6.32. The van der Waals surface area contributed by atoms with E-state index < -0.39 is 0 Å². The summed E-state index contributed by atoms with van der Waals surface area (Å²) in [4.78, 5) is 33.6. The molecule has 168 valence electrons. The van der Waals surface area contributed by atoms with Gasteiger partial charge in [-0.15, -0.1) is 0 Å². The summed E-state index contributed by atoms with van der Waals surface area (Å²) in [6, 6.07) is 22.7. The van der Waals surface area contributed by atoms with Crippen LogP contribution in [0.1, 0.15) is 11.1 Å². The van der Waals surface area contributed by atoms with Crippen LogP contribution in [0.4, 0.5) is 0 Å². The summed E-state index contributed by atoms with van der Waals surface area (Å²) < 4.78 is 1.55. The molecule has 34 heavy (non-hydrogen) atoms. The molecular weight excluding hydrogens is 446 g/mol. The minimum atomic E-state index is -0.293. The fraction of sp³-hybridized carbons (Fsp3) is 0.0769. The number of aryl methyl sites for hydroxylation is 1. The molecular formula is C26H21N5O2S. The number of fused-ring (bicyclic) bond motifs is 2. The number of amides is 1. The van der Waals surface area contributed by atoms with Gasteiger partial charge in [0.1, 0.15) is 0 Å². The number of carbonyl (C=O) groups excluding carboxylic acids is 1. The lowest BCUT2D eigenvalue weighted by Gasteiger charge is -2.13. The van der Waals surface area contributed by atoms with E-state index in [4.69, 9.17) is 0 Å². The molecule has 0 spiro atoms. The van der Waals surface area contributed by atoms with Crippen LogP contribution in [0.5, 0.6) is 0 Å². The highest BCUT2D eigenvalue weighted by Crippen LogP contribution is 2.21. The first-order valence-electron chi connectivity index (χ1n) is 10.7. The lowest BCUT2D eigenvalue weighted by Crippen LogP contribution is -2.24. The Morgan fingerprint density at radius 2 is 1.79 bits per heavy atom. The number of para-hydroxylation sites is 2. The molecule has 7 nitrogen and oxygen atoms in total. The van der Waals surface area contributed by atoms with E-state index >= 15 is 0 Å². The molecule has 0 radical (unpaired) electrons. The molecule has 3 aromatic carbocycles. The van der Waals surface area contributed by atoms with Gasteiger partial charge in [0.25, 0.3) is 11.5 Å². The lowest BCUT2D eigenvalue weighted by molar-refractivity contribution is -0.118. The Kier molecular flexibility index (Phi) is 5.97. The molecule has 2 heterocycles. The summed E-state index contributed by atoms with van der Waals surface area (Å²) in [7, 11) is 0. The maximum atomic E-state index is 13.3. The summed E-state index contributed by atoms with van der Waals surface area (Å²) in [6.45, 7) is 1.99. The number of nitrogens with one attached hydrogen (secondary N) is 2. The van der Waals surface area contributed by atoms with Gasteiger partial charge in [0, 0.05) is 22.7 Å². The number of rotatable bonds is 6. The van der Waals surface area contributed by atoms with Crippen molar-refractivity contribution >= 4 is 45.7 Å². The highest BCUT2D eigenvalue weighted by Gasteiger charge is 2.14. The SMILES string of the molecule is Cc1ccc(-n2c(SCC(=O)N/N=C\c3c[nH]c4ccccc34)nc3ccccc3c2=O)cc1. The zero-order valence-corrected chi connectivity index (χ0v) is 19.2. The van der Waals surface area contributed by atoms with Crippen LogP contribution in [0.15, 0.2) is 94.0 Å². The summed E-state index contributed by atoms with van der Waals surface area (Å²) in [5.74, 6) is -0.235. The molecule has 0 unspecified atom stereocenters. The summed E-state index contributed by atoms with van der Waals surface area (Å²) in [5, 5.41) is 6.09. The molecule has 2 aromatic heterocycles.